The number of hydrogen-bond donors (Lipinski definition) is 1. The van der Waals surface area contributed by atoms with Gasteiger partial charge in [-0.1, -0.05) is 0 Å². The minimum Gasteiger partial charge on any atom is -0.335 e. The smallest absolute Gasteiger partial charge is 0.223 e. The molecule has 2 aromatic heterocycles. The molecule has 6 nitrogen and oxygen atoms in total. The van der Waals surface area contributed by atoms with Crippen LogP contribution in [0.4, 0.5) is 5.13 Å². The lowest BCUT2D eigenvalue weighted by molar-refractivity contribution is -0.114. The van der Waals surface area contributed by atoms with Gasteiger partial charge in [-0.25, -0.2) is 9.97 Å². The summed E-state index contributed by atoms with van der Waals surface area (Å²) in [5.41, 5.74) is 3.65. The predicted octanol–water partition coefficient (Wildman–Crippen LogP) is 2.27. The first-order chi connectivity index (χ1) is 11.1. The highest BCUT2D eigenvalue weighted by atomic mass is 32.1. The molecule has 1 fully saturated rings. The standard InChI is InChI=1S/C16H21N5OS/c1-10(22)17-16-18-12(9-23-16)7-21-6-5-14-13(8-21)19-15(20(14)2)11-3-4-11/h9,11H,3-8H2,1-2H3,(H,17,18,22). The molecule has 122 valence electrons. The summed E-state index contributed by atoms with van der Waals surface area (Å²) < 4.78 is 2.32. The Hall–Kier alpha value is -1.73. The number of amides is 1. The van der Waals surface area contributed by atoms with Gasteiger partial charge in [-0.05, 0) is 12.8 Å². The third-order valence-electron chi connectivity index (χ3n) is 4.53. The molecule has 1 amide bonds. The van der Waals surface area contributed by atoms with Crippen molar-refractivity contribution < 1.29 is 4.79 Å². The number of nitrogens with zero attached hydrogens (tertiary/aromatic N) is 4. The fourth-order valence-corrected chi connectivity index (χ4v) is 4.01. The van der Waals surface area contributed by atoms with Crippen molar-refractivity contribution in [2.75, 3.05) is 11.9 Å². The Balaban J connectivity index is 1.44. The van der Waals surface area contributed by atoms with Crippen molar-refractivity contribution in [3.63, 3.8) is 0 Å². The first-order valence-electron chi connectivity index (χ1n) is 8.09. The molecule has 7 heteroatoms. The monoisotopic (exact) mass is 331 g/mol. The zero-order valence-corrected chi connectivity index (χ0v) is 14.3. The van der Waals surface area contributed by atoms with Crippen LogP contribution in [0.2, 0.25) is 0 Å². The SMILES string of the molecule is CC(=O)Nc1nc(CN2CCc3c(nc(C4CC4)n3C)C2)cs1. The molecule has 0 unspecified atom stereocenters. The Bertz CT molecular complexity index is 746. The molecular weight excluding hydrogens is 310 g/mol. The van der Waals surface area contributed by atoms with Crippen LogP contribution in [0.3, 0.4) is 0 Å². The van der Waals surface area contributed by atoms with Gasteiger partial charge in [0.2, 0.25) is 5.91 Å². The molecule has 1 aliphatic carbocycles. The summed E-state index contributed by atoms with van der Waals surface area (Å²) >= 11 is 1.48. The van der Waals surface area contributed by atoms with Gasteiger partial charge in [0.15, 0.2) is 5.13 Å². The zero-order chi connectivity index (χ0) is 16.0. The van der Waals surface area contributed by atoms with Crippen LogP contribution in [0.15, 0.2) is 5.38 Å². The van der Waals surface area contributed by atoms with Gasteiger partial charge in [-0.3, -0.25) is 9.69 Å². The predicted molar refractivity (Wildman–Crippen MR) is 89.4 cm³/mol. The zero-order valence-electron chi connectivity index (χ0n) is 13.5. The third-order valence-corrected chi connectivity index (χ3v) is 5.34. The fraction of sp³-hybridized carbons (Fsp3) is 0.562. The van der Waals surface area contributed by atoms with Gasteiger partial charge in [-0.15, -0.1) is 11.3 Å². The largest absolute Gasteiger partial charge is 0.335 e. The van der Waals surface area contributed by atoms with E-state index >= 15 is 0 Å². The number of nitrogens with one attached hydrogen (secondary N) is 1. The summed E-state index contributed by atoms with van der Waals surface area (Å²) in [6, 6.07) is 0. The number of thiazole rings is 1. The van der Waals surface area contributed by atoms with Gasteiger partial charge < -0.3 is 9.88 Å². The maximum Gasteiger partial charge on any atom is 0.223 e. The number of hydrogen-bond acceptors (Lipinski definition) is 5. The quantitative estimate of drug-likeness (QED) is 0.933. The van der Waals surface area contributed by atoms with E-state index in [1.165, 1.54) is 48.3 Å². The summed E-state index contributed by atoms with van der Waals surface area (Å²) in [6.07, 6.45) is 3.63. The molecule has 1 N–H and O–H groups in total. The molecule has 0 radical (unpaired) electrons. The van der Waals surface area contributed by atoms with Gasteiger partial charge in [-0.2, -0.15) is 0 Å². The lowest BCUT2D eigenvalue weighted by Crippen LogP contribution is -2.30. The highest BCUT2D eigenvalue weighted by Crippen LogP contribution is 2.40. The Morgan fingerprint density at radius 3 is 3.00 bits per heavy atom. The van der Waals surface area contributed by atoms with Gasteiger partial charge in [0.05, 0.1) is 11.4 Å². The maximum absolute atomic E-state index is 11.1. The number of anilines is 1. The highest BCUT2D eigenvalue weighted by Gasteiger charge is 2.31. The van der Waals surface area contributed by atoms with Crippen molar-refractivity contribution >= 4 is 22.4 Å². The summed E-state index contributed by atoms with van der Waals surface area (Å²) in [5.74, 6) is 1.89. The molecule has 2 aliphatic rings. The molecule has 2 aromatic rings. The second kappa shape index (κ2) is 5.72. The minimum atomic E-state index is -0.0744. The van der Waals surface area contributed by atoms with E-state index < -0.39 is 0 Å². The van der Waals surface area contributed by atoms with Crippen LogP contribution >= 0.6 is 11.3 Å². The topological polar surface area (TPSA) is 63.1 Å². The average molecular weight is 331 g/mol. The fourth-order valence-electron chi connectivity index (χ4n) is 3.26. The Morgan fingerprint density at radius 1 is 1.43 bits per heavy atom. The summed E-state index contributed by atoms with van der Waals surface area (Å²) in [7, 11) is 2.16. The molecular formula is C16H21N5OS. The van der Waals surface area contributed by atoms with E-state index in [1.54, 1.807) is 0 Å². The minimum absolute atomic E-state index is 0.0744. The normalized spacial score (nSPS) is 18.0. The molecule has 0 spiro atoms. The van der Waals surface area contributed by atoms with Gasteiger partial charge >= 0.3 is 0 Å². The van der Waals surface area contributed by atoms with Crippen molar-refractivity contribution in [3.8, 4) is 0 Å². The van der Waals surface area contributed by atoms with Gasteiger partial charge in [0.25, 0.3) is 0 Å². The van der Waals surface area contributed by atoms with Crippen molar-refractivity contribution in [1.29, 1.82) is 0 Å². The van der Waals surface area contributed by atoms with E-state index in [9.17, 15) is 4.79 Å². The van der Waals surface area contributed by atoms with Crippen LogP contribution in [0.1, 0.15) is 48.6 Å². The van der Waals surface area contributed by atoms with Gasteiger partial charge in [0, 0.05) is 57.0 Å². The number of carbonyl (C=O) groups excluding carboxylic acids is 1. The molecule has 0 saturated heterocycles. The molecule has 1 saturated carbocycles. The van der Waals surface area contributed by atoms with E-state index in [4.69, 9.17) is 4.98 Å². The molecule has 0 aromatic carbocycles. The Kier molecular flexibility index (Phi) is 3.69. The van der Waals surface area contributed by atoms with Gasteiger partial charge in [0.1, 0.15) is 5.82 Å². The highest BCUT2D eigenvalue weighted by molar-refractivity contribution is 7.13. The first-order valence-corrected chi connectivity index (χ1v) is 8.97. The summed E-state index contributed by atoms with van der Waals surface area (Å²) in [6.45, 7) is 4.24. The Morgan fingerprint density at radius 2 is 2.26 bits per heavy atom. The second-order valence-electron chi connectivity index (χ2n) is 6.48. The van der Waals surface area contributed by atoms with Crippen molar-refractivity contribution in [3.05, 3.63) is 28.3 Å². The van der Waals surface area contributed by atoms with E-state index in [1.807, 2.05) is 5.38 Å². The Labute approximate surface area is 139 Å². The third kappa shape index (κ3) is 3.03. The van der Waals surface area contributed by atoms with Crippen LogP contribution in [0, 0.1) is 0 Å². The van der Waals surface area contributed by atoms with Crippen LogP contribution in [-0.4, -0.2) is 31.9 Å². The number of fused-ring (bicyclic) bond motifs is 1. The van der Waals surface area contributed by atoms with Crippen LogP contribution in [0.25, 0.3) is 0 Å². The van der Waals surface area contributed by atoms with Crippen molar-refractivity contribution in [1.82, 2.24) is 19.4 Å². The van der Waals surface area contributed by atoms with Crippen LogP contribution in [0.5, 0.6) is 0 Å². The molecule has 1 aliphatic heterocycles. The van der Waals surface area contributed by atoms with E-state index in [0.29, 0.717) is 11.0 Å². The van der Waals surface area contributed by atoms with Crippen LogP contribution < -0.4 is 5.32 Å². The summed E-state index contributed by atoms with van der Waals surface area (Å²) in [5, 5.41) is 5.44. The number of aromatic nitrogens is 3. The average Bonchev–Trinajstić information content (AvgIpc) is 3.18. The molecule has 0 bridgehead atoms. The number of carbonyl (C=O) groups is 1. The molecule has 4 rings (SSSR count). The maximum atomic E-state index is 11.1. The molecule has 3 heterocycles. The van der Waals surface area contributed by atoms with E-state index in [2.05, 4.69) is 26.8 Å². The number of rotatable bonds is 4. The van der Waals surface area contributed by atoms with Crippen molar-refractivity contribution in [2.45, 2.75) is 45.2 Å². The van der Waals surface area contributed by atoms with Crippen molar-refractivity contribution in [2.24, 2.45) is 7.05 Å². The lowest BCUT2D eigenvalue weighted by atomic mass is 10.1. The number of imidazole rings is 1. The summed E-state index contributed by atoms with van der Waals surface area (Å²) in [4.78, 5) is 22.8. The molecule has 0 atom stereocenters. The van der Waals surface area contributed by atoms with E-state index in [-0.39, 0.29) is 5.91 Å². The molecule has 23 heavy (non-hydrogen) atoms. The van der Waals surface area contributed by atoms with Crippen LogP contribution in [-0.2, 0) is 31.4 Å². The first kappa shape index (κ1) is 14.8. The van der Waals surface area contributed by atoms with E-state index in [0.717, 1.165) is 31.7 Å². The lowest BCUT2D eigenvalue weighted by Gasteiger charge is -2.25. The second-order valence-corrected chi connectivity index (χ2v) is 7.34.